The third-order valence-corrected chi connectivity index (χ3v) is 3.98. The fraction of sp³-hybridized carbons (Fsp3) is 0.250. The van der Waals surface area contributed by atoms with E-state index in [1.54, 1.807) is 12.5 Å². The van der Waals surface area contributed by atoms with Crippen LogP contribution in [0.25, 0.3) is 0 Å². The molecule has 0 amide bonds. The fourth-order valence-corrected chi connectivity index (χ4v) is 2.54. The normalized spacial score (nSPS) is 10.3. The second-order valence-electron chi connectivity index (χ2n) is 3.56. The number of rotatable bonds is 5. The highest BCUT2D eigenvalue weighted by atomic mass is 79.9. The lowest BCUT2D eigenvalue weighted by Crippen LogP contribution is -2.02. The van der Waals surface area contributed by atoms with Gasteiger partial charge < -0.3 is 5.32 Å². The van der Waals surface area contributed by atoms with Crippen molar-refractivity contribution in [1.82, 2.24) is 15.0 Å². The van der Waals surface area contributed by atoms with Crippen LogP contribution in [0.4, 0.5) is 5.82 Å². The van der Waals surface area contributed by atoms with Gasteiger partial charge in [0.1, 0.15) is 22.2 Å². The van der Waals surface area contributed by atoms with Gasteiger partial charge >= 0.3 is 0 Å². The number of halogens is 1. The van der Waals surface area contributed by atoms with Crippen LogP contribution in [0.3, 0.4) is 0 Å². The highest BCUT2D eigenvalue weighted by Gasteiger charge is 2.05. The minimum absolute atomic E-state index is 0.849. The van der Waals surface area contributed by atoms with Gasteiger partial charge in [0.15, 0.2) is 0 Å². The standard InChI is InChI=1S/C12H13BrN4S/c1-2-5-14-10-7-11(17-8-16-10)18-12-9(13)4-3-6-15-12/h3-4,6-8H,2,5H2,1H3,(H,14,16,17). The number of nitrogens with zero attached hydrogens (tertiary/aromatic N) is 3. The van der Waals surface area contributed by atoms with E-state index in [1.807, 2.05) is 18.2 Å². The highest BCUT2D eigenvalue weighted by Crippen LogP contribution is 2.30. The number of hydrogen-bond acceptors (Lipinski definition) is 5. The van der Waals surface area contributed by atoms with Crippen LogP contribution in [-0.2, 0) is 0 Å². The van der Waals surface area contributed by atoms with Crippen LogP contribution < -0.4 is 5.32 Å². The summed E-state index contributed by atoms with van der Waals surface area (Å²) in [4.78, 5) is 12.7. The van der Waals surface area contributed by atoms with E-state index >= 15 is 0 Å². The van der Waals surface area contributed by atoms with Crippen LogP contribution in [0.2, 0.25) is 0 Å². The molecule has 18 heavy (non-hydrogen) atoms. The molecule has 1 N–H and O–H groups in total. The molecule has 0 atom stereocenters. The average molecular weight is 325 g/mol. The number of aromatic nitrogens is 3. The molecule has 6 heteroatoms. The minimum atomic E-state index is 0.849. The number of nitrogens with one attached hydrogen (secondary N) is 1. The first-order chi connectivity index (χ1) is 8.79. The molecule has 0 aromatic carbocycles. The smallest absolute Gasteiger partial charge is 0.130 e. The van der Waals surface area contributed by atoms with E-state index in [0.29, 0.717) is 0 Å². The number of hydrogen-bond donors (Lipinski definition) is 1. The van der Waals surface area contributed by atoms with Crippen LogP contribution in [0.5, 0.6) is 0 Å². The zero-order valence-corrected chi connectivity index (χ0v) is 12.3. The van der Waals surface area contributed by atoms with Crippen molar-refractivity contribution < 1.29 is 0 Å². The molecule has 0 unspecified atom stereocenters. The molecule has 2 heterocycles. The molecule has 0 fully saturated rings. The Morgan fingerprint density at radius 3 is 3.00 bits per heavy atom. The summed E-state index contributed by atoms with van der Waals surface area (Å²) >= 11 is 4.98. The van der Waals surface area contributed by atoms with Gasteiger partial charge in [-0.15, -0.1) is 0 Å². The quantitative estimate of drug-likeness (QED) is 0.851. The summed E-state index contributed by atoms with van der Waals surface area (Å²) in [5.74, 6) is 0.849. The zero-order valence-electron chi connectivity index (χ0n) is 9.93. The first kappa shape index (κ1) is 13.3. The molecule has 0 aliphatic carbocycles. The first-order valence-corrected chi connectivity index (χ1v) is 7.25. The van der Waals surface area contributed by atoms with Gasteiger partial charge in [-0.2, -0.15) is 0 Å². The van der Waals surface area contributed by atoms with Crippen molar-refractivity contribution in [3.05, 3.63) is 35.2 Å². The predicted molar refractivity (Wildman–Crippen MR) is 76.9 cm³/mol. The van der Waals surface area contributed by atoms with Crippen molar-refractivity contribution in [2.24, 2.45) is 0 Å². The molecule has 0 bridgehead atoms. The maximum atomic E-state index is 4.30. The Labute approximate surface area is 119 Å². The largest absolute Gasteiger partial charge is 0.370 e. The van der Waals surface area contributed by atoms with Gasteiger partial charge in [0.05, 0.1) is 4.47 Å². The summed E-state index contributed by atoms with van der Waals surface area (Å²) in [7, 11) is 0. The molecule has 2 rings (SSSR count). The second-order valence-corrected chi connectivity index (χ2v) is 5.42. The van der Waals surface area contributed by atoms with Gasteiger partial charge in [-0.1, -0.05) is 6.92 Å². The Balaban J connectivity index is 2.12. The monoisotopic (exact) mass is 324 g/mol. The Kier molecular flexibility index (Phi) is 4.95. The molecule has 2 aromatic rings. The summed E-state index contributed by atoms with van der Waals surface area (Å²) in [5, 5.41) is 5.02. The SMILES string of the molecule is CCCNc1cc(Sc2ncccc2Br)ncn1. The molecular formula is C12H13BrN4S. The summed E-state index contributed by atoms with van der Waals surface area (Å²) in [6, 6.07) is 5.79. The summed E-state index contributed by atoms with van der Waals surface area (Å²) in [6.07, 6.45) is 4.40. The minimum Gasteiger partial charge on any atom is -0.370 e. The second kappa shape index (κ2) is 6.70. The Hall–Kier alpha value is -1.14. The van der Waals surface area contributed by atoms with Gasteiger partial charge in [-0.3, -0.25) is 0 Å². The van der Waals surface area contributed by atoms with E-state index < -0.39 is 0 Å². The third kappa shape index (κ3) is 3.68. The lowest BCUT2D eigenvalue weighted by atomic mass is 10.4. The van der Waals surface area contributed by atoms with Crippen LogP contribution in [0.15, 0.2) is 45.2 Å². The molecule has 94 valence electrons. The molecule has 0 saturated heterocycles. The van der Waals surface area contributed by atoms with E-state index in [-0.39, 0.29) is 0 Å². The van der Waals surface area contributed by atoms with Crippen molar-refractivity contribution >= 4 is 33.5 Å². The van der Waals surface area contributed by atoms with Crippen molar-refractivity contribution in [3.8, 4) is 0 Å². The van der Waals surface area contributed by atoms with E-state index in [2.05, 4.69) is 43.1 Å². The maximum absolute atomic E-state index is 4.30. The summed E-state index contributed by atoms with van der Waals surface area (Å²) in [5.41, 5.74) is 0. The van der Waals surface area contributed by atoms with E-state index in [0.717, 1.165) is 33.3 Å². The Bertz CT molecular complexity index is 521. The fourth-order valence-electron chi connectivity index (χ4n) is 1.29. The van der Waals surface area contributed by atoms with Gasteiger partial charge in [0.2, 0.25) is 0 Å². The lowest BCUT2D eigenvalue weighted by molar-refractivity contribution is 0.952. The summed E-state index contributed by atoms with van der Waals surface area (Å²) in [6.45, 7) is 3.03. The molecule has 2 aromatic heterocycles. The predicted octanol–water partition coefficient (Wildman–Crippen LogP) is 3.61. The van der Waals surface area contributed by atoms with Crippen molar-refractivity contribution in [2.75, 3.05) is 11.9 Å². The molecule has 0 aliphatic rings. The summed E-state index contributed by atoms with van der Waals surface area (Å²) < 4.78 is 0.969. The van der Waals surface area contributed by atoms with Gasteiger partial charge in [-0.25, -0.2) is 15.0 Å². The van der Waals surface area contributed by atoms with Crippen LogP contribution >= 0.6 is 27.7 Å². The van der Waals surface area contributed by atoms with E-state index in [4.69, 9.17) is 0 Å². The van der Waals surface area contributed by atoms with Crippen LogP contribution in [0.1, 0.15) is 13.3 Å². The zero-order chi connectivity index (χ0) is 12.8. The highest BCUT2D eigenvalue weighted by molar-refractivity contribution is 9.10. The lowest BCUT2D eigenvalue weighted by Gasteiger charge is -2.05. The van der Waals surface area contributed by atoms with Gasteiger partial charge in [-0.05, 0) is 46.2 Å². The molecule has 0 radical (unpaired) electrons. The Morgan fingerprint density at radius 1 is 1.33 bits per heavy atom. The number of anilines is 1. The molecule has 0 spiro atoms. The molecule has 4 nitrogen and oxygen atoms in total. The van der Waals surface area contributed by atoms with Gasteiger partial charge in [0, 0.05) is 18.8 Å². The molecular weight excluding hydrogens is 312 g/mol. The van der Waals surface area contributed by atoms with Crippen molar-refractivity contribution in [3.63, 3.8) is 0 Å². The average Bonchev–Trinajstić information content (AvgIpc) is 2.40. The molecule has 0 aliphatic heterocycles. The van der Waals surface area contributed by atoms with E-state index in [9.17, 15) is 0 Å². The van der Waals surface area contributed by atoms with Crippen molar-refractivity contribution in [1.29, 1.82) is 0 Å². The van der Waals surface area contributed by atoms with Gasteiger partial charge in [0.25, 0.3) is 0 Å². The topological polar surface area (TPSA) is 50.7 Å². The number of pyridine rings is 1. The molecule has 0 saturated carbocycles. The van der Waals surface area contributed by atoms with Crippen molar-refractivity contribution in [2.45, 2.75) is 23.4 Å². The Morgan fingerprint density at radius 2 is 2.22 bits per heavy atom. The van der Waals surface area contributed by atoms with Crippen LogP contribution in [-0.4, -0.2) is 21.5 Å². The first-order valence-electron chi connectivity index (χ1n) is 5.64. The van der Waals surface area contributed by atoms with Crippen LogP contribution in [0, 0.1) is 0 Å². The van der Waals surface area contributed by atoms with E-state index in [1.165, 1.54) is 11.8 Å². The maximum Gasteiger partial charge on any atom is 0.130 e. The third-order valence-electron chi connectivity index (χ3n) is 2.12.